The number of halogens is 1. The van der Waals surface area contributed by atoms with Crippen LogP contribution in [0.3, 0.4) is 0 Å². The molecule has 0 bridgehead atoms. The van der Waals surface area contributed by atoms with Crippen LogP contribution in [0.5, 0.6) is 0 Å². The molecule has 0 saturated heterocycles. The van der Waals surface area contributed by atoms with E-state index in [1.54, 1.807) is 23.9 Å². The molecule has 0 aliphatic carbocycles. The molecular formula is C10H10ClN3O. The molecule has 15 heavy (non-hydrogen) atoms. The fourth-order valence-corrected chi connectivity index (χ4v) is 1.40. The predicted octanol–water partition coefficient (Wildman–Crippen LogP) is 1.63. The van der Waals surface area contributed by atoms with Crippen LogP contribution in [0.25, 0.3) is 11.4 Å². The first-order chi connectivity index (χ1) is 7.20. The van der Waals surface area contributed by atoms with Gasteiger partial charge in [-0.15, -0.1) is 0 Å². The first-order valence-corrected chi connectivity index (χ1v) is 4.85. The number of aliphatic hydroxyl groups is 1. The highest BCUT2D eigenvalue weighted by molar-refractivity contribution is 6.30. The molecule has 0 aliphatic rings. The van der Waals surface area contributed by atoms with E-state index in [0.717, 1.165) is 5.56 Å². The van der Waals surface area contributed by atoms with E-state index in [-0.39, 0.29) is 6.61 Å². The number of aromatic nitrogens is 3. The van der Waals surface area contributed by atoms with Gasteiger partial charge in [0.1, 0.15) is 6.61 Å². The second-order valence-corrected chi connectivity index (χ2v) is 3.58. The average Bonchev–Trinajstić information content (AvgIpc) is 2.61. The van der Waals surface area contributed by atoms with Crippen LogP contribution < -0.4 is 0 Å². The molecule has 0 aliphatic heterocycles. The van der Waals surface area contributed by atoms with Crippen molar-refractivity contribution in [2.24, 2.45) is 7.05 Å². The van der Waals surface area contributed by atoms with E-state index in [1.807, 2.05) is 12.1 Å². The van der Waals surface area contributed by atoms with Crippen LogP contribution >= 0.6 is 11.6 Å². The zero-order chi connectivity index (χ0) is 10.8. The van der Waals surface area contributed by atoms with E-state index < -0.39 is 0 Å². The van der Waals surface area contributed by atoms with E-state index in [2.05, 4.69) is 10.1 Å². The zero-order valence-corrected chi connectivity index (χ0v) is 8.94. The summed E-state index contributed by atoms with van der Waals surface area (Å²) in [6, 6.07) is 7.26. The summed E-state index contributed by atoms with van der Waals surface area (Å²) < 4.78 is 1.56. The maximum atomic E-state index is 8.98. The van der Waals surface area contributed by atoms with Crippen molar-refractivity contribution in [3.8, 4) is 11.4 Å². The molecule has 2 rings (SSSR count). The predicted molar refractivity (Wildman–Crippen MR) is 57.4 cm³/mol. The molecule has 1 aromatic carbocycles. The summed E-state index contributed by atoms with van der Waals surface area (Å²) in [4.78, 5) is 4.19. The van der Waals surface area contributed by atoms with Crippen LogP contribution in [0.4, 0.5) is 0 Å². The van der Waals surface area contributed by atoms with Crippen LogP contribution in [0.15, 0.2) is 24.3 Å². The van der Waals surface area contributed by atoms with Crippen LogP contribution in [-0.4, -0.2) is 19.9 Å². The van der Waals surface area contributed by atoms with Crippen molar-refractivity contribution >= 4 is 11.6 Å². The van der Waals surface area contributed by atoms with Gasteiger partial charge < -0.3 is 5.11 Å². The lowest BCUT2D eigenvalue weighted by molar-refractivity contribution is 0.265. The lowest BCUT2D eigenvalue weighted by Crippen LogP contribution is -1.97. The minimum Gasteiger partial charge on any atom is -0.388 e. The molecule has 4 nitrogen and oxygen atoms in total. The highest BCUT2D eigenvalue weighted by Crippen LogP contribution is 2.18. The maximum Gasteiger partial charge on any atom is 0.181 e. The Hall–Kier alpha value is -1.39. The van der Waals surface area contributed by atoms with Crippen molar-refractivity contribution in [1.29, 1.82) is 0 Å². The molecule has 78 valence electrons. The average molecular weight is 224 g/mol. The van der Waals surface area contributed by atoms with Gasteiger partial charge in [-0.25, -0.2) is 4.98 Å². The molecule has 2 aromatic rings. The first kappa shape index (κ1) is 10.1. The summed E-state index contributed by atoms with van der Waals surface area (Å²) >= 11 is 5.78. The fourth-order valence-electron chi connectivity index (χ4n) is 1.28. The van der Waals surface area contributed by atoms with E-state index in [0.29, 0.717) is 16.7 Å². The molecule has 1 heterocycles. The number of aryl methyl sites for hydroxylation is 1. The van der Waals surface area contributed by atoms with Crippen molar-refractivity contribution in [2.45, 2.75) is 6.61 Å². The fraction of sp³-hybridized carbons (Fsp3) is 0.200. The van der Waals surface area contributed by atoms with Crippen molar-refractivity contribution < 1.29 is 5.11 Å². The van der Waals surface area contributed by atoms with E-state index in [4.69, 9.17) is 16.7 Å². The molecule has 1 N–H and O–H groups in total. The molecule has 0 unspecified atom stereocenters. The number of hydrogen-bond donors (Lipinski definition) is 1. The minimum atomic E-state index is -0.114. The lowest BCUT2D eigenvalue weighted by atomic mass is 10.2. The van der Waals surface area contributed by atoms with Gasteiger partial charge in [0.25, 0.3) is 0 Å². The van der Waals surface area contributed by atoms with Gasteiger partial charge in [-0.05, 0) is 24.3 Å². The molecule has 0 radical (unpaired) electrons. The quantitative estimate of drug-likeness (QED) is 0.842. The maximum absolute atomic E-state index is 8.98. The normalized spacial score (nSPS) is 10.6. The smallest absolute Gasteiger partial charge is 0.181 e. The number of nitrogens with zero attached hydrogens (tertiary/aromatic N) is 3. The monoisotopic (exact) mass is 223 g/mol. The Labute approximate surface area is 92.1 Å². The first-order valence-electron chi connectivity index (χ1n) is 4.47. The lowest BCUT2D eigenvalue weighted by Gasteiger charge is -1.94. The summed E-state index contributed by atoms with van der Waals surface area (Å²) in [6.45, 7) is -0.114. The Kier molecular flexibility index (Phi) is 2.70. The summed E-state index contributed by atoms with van der Waals surface area (Å²) in [5.74, 6) is 1.14. The van der Waals surface area contributed by atoms with Crippen molar-refractivity contribution in [3.05, 3.63) is 35.1 Å². The topological polar surface area (TPSA) is 50.9 Å². The van der Waals surface area contributed by atoms with Crippen LogP contribution in [0.1, 0.15) is 5.82 Å². The molecule has 0 spiro atoms. The van der Waals surface area contributed by atoms with Gasteiger partial charge in [-0.2, -0.15) is 5.10 Å². The van der Waals surface area contributed by atoms with Gasteiger partial charge in [0, 0.05) is 17.6 Å². The third-order valence-corrected chi connectivity index (χ3v) is 2.35. The van der Waals surface area contributed by atoms with Gasteiger partial charge in [0.2, 0.25) is 0 Å². The third kappa shape index (κ3) is 2.00. The summed E-state index contributed by atoms with van der Waals surface area (Å²) in [5, 5.41) is 13.8. The standard InChI is InChI=1S/C10H10ClN3O/c1-14-9(6-15)12-10(13-14)7-2-4-8(11)5-3-7/h2-5,15H,6H2,1H3. The molecular weight excluding hydrogens is 214 g/mol. The molecule has 0 atom stereocenters. The summed E-state index contributed by atoms with van der Waals surface area (Å²) in [7, 11) is 1.75. The van der Waals surface area contributed by atoms with E-state index in [9.17, 15) is 0 Å². The molecule has 0 amide bonds. The largest absolute Gasteiger partial charge is 0.388 e. The number of hydrogen-bond acceptors (Lipinski definition) is 3. The number of rotatable bonds is 2. The third-order valence-electron chi connectivity index (χ3n) is 2.10. The zero-order valence-electron chi connectivity index (χ0n) is 8.18. The van der Waals surface area contributed by atoms with E-state index >= 15 is 0 Å². The highest BCUT2D eigenvalue weighted by Gasteiger charge is 2.07. The van der Waals surface area contributed by atoms with Crippen LogP contribution in [0, 0.1) is 0 Å². The molecule has 0 saturated carbocycles. The Bertz CT molecular complexity index is 464. The Morgan fingerprint density at radius 1 is 1.33 bits per heavy atom. The van der Waals surface area contributed by atoms with Gasteiger partial charge in [0.05, 0.1) is 0 Å². The Balaban J connectivity index is 2.41. The van der Waals surface area contributed by atoms with Crippen LogP contribution in [0.2, 0.25) is 5.02 Å². The van der Waals surface area contributed by atoms with Gasteiger partial charge >= 0.3 is 0 Å². The van der Waals surface area contributed by atoms with Crippen molar-refractivity contribution in [1.82, 2.24) is 14.8 Å². The van der Waals surface area contributed by atoms with Crippen LogP contribution in [-0.2, 0) is 13.7 Å². The van der Waals surface area contributed by atoms with Gasteiger partial charge in [-0.1, -0.05) is 11.6 Å². The molecule has 5 heteroatoms. The number of aliphatic hydroxyl groups excluding tert-OH is 1. The second kappa shape index (κ2) is 4.00. The molecule has 1 aromatic heterocycles. The minimum absolute atomic E-state index is 0.114. The van der Waals surface area contributed by atoms with Gasteiger partial charge in [-0.3, -0.25) is 4.68 Å². The van der Waals surface area contributed by atoms with Gasteiger partial charge in [0.15, 0.2) is 11.6 Å². The highest BCUT2D eigenvalue weighted by atomic mass is 35.5. The van der Waals surface area contributed by atoms with E-state index in [1.165, 1.54) is 0 Å². The van der Waals surface area contributed by atoms with Crippen molar-refractivity contribution in [2.75, 3.05) is 0 Å². The Morgan fingerprint density at radius 3 is 2.53 bits per heavy atom. The SMILES string of the molecule is Cn1nc(-c2ccc(Cl)cc2)nc1CO. The Morgan fingerprint density at radius 2 is 2.00 bits per heavy atom. The number of benzene rings is 1. The van der Waals surface area contributed by atoms with Crippen molar-refractivity contribution in [3.63, 3.8) is 0 Å². The molecule has 0 fully saturated rings. The second-order valence-electron chi connectivity index (χ2n) is 3.14. The summed E-state index contributed by atoms with van der Waals surface area (Å²) in [6.07, 6.45) is 0. The summed E-state index contributed by atoms with van der Waals surface area (Å²) in [5.41, 5.74) is 0.884.